The fourth-order valence-electron chi connectivity index (χ4n) is 4.28. The molecule has 1 aromatic heterocycles. The molecule has 0 amide bonds. The Morgan fingerprint density at radius 1 is 1.09 bits per heavy atom. The Kier molecular flexibility index (Phi) is 7.08. The van der Waals surface area contributed by atoms with Gasteiger partial charge in [-0.25, -0.2) is 0 Å². The maximum Gasteiger partial charge on any atom is 0.119 e. The average molecular weight is 543 g/mol. The van der Waals surface area contributed by atoms with Gasteiger partial charge >= 0.3 is 0 Å². The van der Waals surface area contributed by atoms with E-state index in [0.717, 1.165) is 32.8 Å². The largest absolute Gasteiger partial charge is 0.489 e. The van der Waals surface area contributed by atoms with Gasteiger partial charge in [0.1, 0.15) is 18.9 Å². The van der Waals surface area contributed by atoms with Crippen LogP contribution in [0.3, 0.4) is 0 Å². The Labute approximate surface area is 217 Å². The van der Waals surface area contributed by atoms with Crippen LogP contribution >= 0.6 is 27.3 Å². The molecule has 0 fully saturated rings. The summed E-state index contributed by atoms with van der Waals surface area (Å²) in [5.41, 5.74) is 7.04. The number of hydrogen-bond donors (Lipinski definition) is 0. The first-order chi connectivity index (χ1) is 17.1. The minimum absolute atomic E-state index is 0.0793. The number of aryl methyl sites for hydroxylation is 1. The molecule has 0 aliphatic carbocycles. The maximum atomic E-state index is 6.15. The highest BCUT2D eigenvalue weighted by molar-refractivity contribution is 9.11. The van der Waals surface area contributed by atoms with Crippen LogP contribution in [0.15, 0.2) is 86.0 Å². The van der Waals surface area contributed by atoms with Gasteiger partial charge in [-0.3, -0.25) is 0 Å². The van der Waals surface area contributed by atoms with Crippen molar-refractivity contribution in [3.63, 3.8) is 0 Å². The van der Waals surface area contributed by atoms with Gasteiger partial charge in [0, 0.05) is 22.1 Å². The number of benzene rings is 3. The first kappa shape index (κ1) is 23.5. The van der Waals surface area contributed by atoms with Gasteiger partial charge in [0.2, 0.25) is 0 Å². The van der Waals surface area contributed by atoms with Crippen molar-refractivity contribution in [1.29, 1.82) is 0 Å². The molecular formula is C29H24BrN3OS. The Balaban J connectivity index is 1.32. The Bertz CT molecular complexity index is 1490. The summed E-state index contributed by atoms with van der Waals surface area (Å²) in [7, 11) is 0. The molecule has 0 saturated heterocycles. The molecule has 0 saturated carbocycles. The number of halogens is 1. The summed E-state index contributed by atoms with van der Waals surface area (Å²) >= 11 is 5.57. The second-order valence-electron chi connectivity index (χ2n) is 8.46. The van der Waals surface area contributed by atoms with Gasteiger partial charge in [0.15, 0.2) is 0 Å². The summed E-state index contributed by atoms with van der Waals surface area (Å²) in [5, 5.41) is 13.0. The minimum atomic E-state index is 0.0793. The summed E-state index contributed by atoms with van der Waals surface area (Å²) in [4.78, 5) is 0. The highest BCUT2D eigenvalue weighted by Gasteiger charge is 2.16. The lowest BCUT2D eigenvalue weighted by Crippen LogP contribution is -2.07. The molecule has 0 spiro atoms. The van der Waals surface area contributed by atoms with E-state index in [-0.39, 0.29) is 5.92 Å². The van der Waals surface area contributed by atoms with Crippen LogP contribution in [0.4, 0.5) is 0 Å². The highest BCUT2D eigenvalue weighted by Crippen LogP contribution is 2.43. The van der Waals surface area contributed by atoms with Crippen LogP contribution in [0.2, 0.25) is 0 Å². The number of rotatable bonds is 7. The Morgan fingerprint density at radius 3 is 2.66 bits per heavy atom. The molecule has 1 atom stereocenters. The normalized spacial score (nSPS) is 13.4. The van der Waals surface area contributed by atoms with Crippen LogP contribution in [0.25, 0.3) is 21.2 Å². The molecule has 4 nitrogen and oxygen atoms in total. The van der Waals surface area contributed by atoms with Crippen molar-refractivity contribution in [3.8, 4) is 28.7 Å². The van der Waals surface area contributed by atoms with Gasteiger partial charge in [-0.15, -0.1) is 22.4 Å². The molecule has 2 heterocycles. The van der Waals surface area contributed by atoms with E-state index >= 15 is 0 Å². The molecule has 0 bridgehead atoms. The molecule has 1 aliphatic rings. The zero-order valence-electron chi connectivity index (χ0n) is 19.6. The molecule has 35 heavy (non-hydrogen) atoms. The SMILES string of the molecule is CC#C[C@@H](CC1=NN=NC1)c1ccc(OCc2ccc3sc(Br)c(-c4ccccc4C)c3c2)cc1. The number of fused-ring (bicyclic) bond motifs is 1. The molecule has 174 valence electrons. The van der Waals surface area contributed by atoms with Gasteiger partial charge < -0.3 is 4.74 Å². The standard InChI is InChI=1S/C29H24BrN3OS/c1-3-6-22(16-23-17-31-33-32-23)21-10-12-24(13-11-21)34-18-20-9-14-27-26(15-20)28(29(30)35-27)25-8-5-4-7-19(25)2/h4-5,7-15,22H,16-18H2,1-2H3/t22-/m0/s1. The van der Waals surface area contributed by atoms with Crippen LogP contribution in [0, 0.1) is 18.8 Å². The van der Waals surface area contributed by atoms with Gasteiger partial charge in [-0.2, -0.15) is 5.11 Å². The smallest absolute Gasteiger partial charge is 0.119 e. The lowest BCUT2D eigenvalue weighted by atomic mass is 9.94. The molecule has 5 rings (SSSR count). The van der Waals surface area contributed by atoms with E-state index in [1.54, 1.807) is 11.3 Å². The van der Waals surface area contributed by atoms with E-state index in [4.69, 9.17) is 4.74 Å². The molecule has 0 radical (unpaired) electrons. The highest BCUT2D eigenvalue weighted by atomic mass is 79.9. The summed E-state index contributed by atoms with van der Waals surface area (Å²) in [6.07, 6.45) is 0.744. The topological polar surface area (TPSA) is 46.3 Å². The maximum absolute atomic E-state index is 6.15. The van der Waals surface area contributed by atoms with E-state index in [2.05, 4.69) is 105 Å². The number of hydrogen-bond acceptors (Lipinski definition) is 5. The van der Waals surface area contributed by atoms with E-state index in [9.17, 15) is 0 Å². The fraction of sp³-hybridized carbons (Fsp3) is 0.207. The molecular weight excluding hydrogens is 518 g/mol. The third-order valence-electron chi connectivity index (χ3n) is 6.07. The predicted molar refractivity (Wildman–Crippen MR) is 148 cm³/mol. The van der Waals surface area contributed by atoms with Crippen LogP contribution in [0.1, 0.15) is 36.0 Å². The molecule has 6 heteroatoms. The third kappa shape index (κ3) is 5.22. The predicted octanol–water partition coefficient (Wildman–Crippen LogP) is 8.54. The monoisotopic (exact) mass is 541 g/mol. The average Bonchev–Trinajstić information content (AvgIpc) is 3.50. The molecule has 3 aromatic carbocycles. The van der Waals surface area contributed by atoms with Crippen molar-refractivity contribution in [2.75, 3.05) is 6.54 Å². The van der Waals surface area contributed by atoms with E-state index < -0.39 is 0 Å². The van der Waals surface area contributed by atoms with E-state index in [1.807, 2.05) is 19.1 Å². The zero-order chi connectivity index (χ0) is 24.2. The lowest BCUT2D eigenvalue weighted by Gasteiger charge is -2.12. The number of thiophene rings is 1. The van der Waals surface area contributed by atoms with Crippen molar-refractivity contribution in [2.45, 2.75) is 32.8 Å². The third-order valence-corrected chi connectivity index (χ3v) is 7.91. The van der Waals surface area contributed by atoms with Crippen LogP contribution in [-0.4, -0.2) is 12.3 Å². The second kappa shape index (κ2) is 10.6. The van der Waals surface area contributed by atoms with Gasteiger partial charge in [-0.05, 0) is 81.5 Å². The van der Waals surface area contributed by atoms with Crippen molar-refractivity contribution < 1.29 is 4.74 Å². The minimum Gasteiger partial charge on any atom is -0.489 e. The van der Waals surface area contributed by atoms with Crippen molar-refractivity contribution >= 4 is 43.1 Å². The number of nitrogens with zero attached hydrogens (tertiary/aromatic N) is 3. The van der Waals surface area contributed by atoms with Crippen LogP contribution < -0.4 is 4.74 Å². The van der Waals surface area contributed by atoms with Gasteiger partial charge in [0.25, 0.3) is 0 Å². The molecule has 4 aromatic rings. The Morgan fingerprint density at radius 2 is 1.91 bits per heavy atom. The van der Waals surface area contributed by atoms with Gasteiger partial charge in [-0.1, -0.05) is 48.4 Å². The lowest BCUT2D eigenvalue weighted by molar-refractivity contribution is 0.306. The fourth-order valence-corrected chi connectivity index (χ4v) is 6.15. The summed E-state index contributed by atoms with van der Waals surface area (Å²) < 4.78 is 8.57. The van der Waals surface area contributed by atoms with Crippen molar-refractivity contribution in [1.82, 2.24) is 0 Å². The molecule has 0 unspecified atom stereocenters. The summed E-state index contributed by atoms with van der Waals surface area (Å²) in [5.74, 6) is 7.24. The molecule has 1 aliphatic heterocycles. The van der Waals surface area contributed by atoms with Crippen LogP contribution in [-0.2, 0) is 6.61 Å². The second-order valence-corrected chi connectivity index (χ2v) is 10.8. The first-order valence-electron chi connectivity index (χ1n) is 11.5. The van der Waals surface area contributed by atoms with Crippen LogP contribution in [0.5, 0.6) is 5.75 Å². The van der Waals surface area contributed by atoms with Crippen molar-refractivity contribution in [3.05, 3.63) is 87.2 Å². The molecule has 0 N–H and O–H groups in total. The number of ether oxygens (including phenoxy) is 1. The zero-order valence-corrected chi connectivity index (χ0v) is 22.0. The Hall–Kier alpha value is -3.27. The van der Waals surface area contributed by atoms with Gasteiger partial charge in [0.05, 0.1) is 15.4 Å². The summed E-state index contributed by atoms with van der Waals surface area (Å²) in [6, 6.07) is 23.3. The van der Waals surface area contributed by atoms with E-state index in [1.165, 1.54) is 26.8 Å². The quantitative estimate of drug-likeness (QED) is 0.216. The first-order valence-corrected chi connectivity index (χ1v) is 13.1. The van der Waals surface area contributed by atoms with Crippen molar-refractivity contribution in [2.24, 2.45) is 15.4 Å². The summed E-state index contributed by atoms with van der Waals surface area (Å²) in [6.45, 7) is 5.10. The van der Waals surface area contributed by atoms with E-state index in [0.29, 0.717) is 13.2 Å².